The third-order valence-corrected chi connectivity index (χ3v) is 8.35. The minimum Gasteiger partial charge on any atom is -0.497 e. The molecule has 0 bridgehead atoms. The molecule has 206 valence electrons. The largest absolute Gasteiger partial charge is 0.497 e. The number of halogens is 2. The van der Waals surface area contributed by atoms with Crippen LogP contribution in [0.15, 0.2) is 42.5 Å². The van der Waals surface area contributed by atoms with Gasteiger partial charge in [-0.05, 0) is 43.2 Å². The Hall–Kier alpha value is -3.40. The quantitative estimate of drug-likeness (QED) is 0.431. The maximum Gasteiger partial charge on any atom is 0.242 e. The van der Waals surface area contributed by atoms with Crippen molar-refractivity contribution in [3.8, 4) is 11.4 Å². The molecule has 0 aliphatic carbocycles. The first-order valence-corrected chi connectivity index (χ1v) is 14.1. The summed E-state index contributed by atoms with van der Waals surface area (Å²) in [5, 5.41) is 4.35. The van der Waals surface area contributed by atoms with E-state index in [1.165, 1.54) is 28.8 Å². The molecule has 1 fully saturated rings. The first kappa shape index (κ1) is 27.2. The Morgan fingerprint density at radius 3 is 2.41 bits per heavy atom. The van der Waals surface area contributed by atoms with E-state index in [0.29, 0.717) is 41.6 Å². The maximum atomic E-state index is 15.3. The van der Waals surface area contributed by atoms with Crippen LogP contribution in [0.5, 0.6) is 5.75 Å². The summed E-state index contributed by atoms with van der Waals surface area (Å²) >= 11 is 1.26. The molecule has 1 unspecified atom stereocenters. The first-order chi connectivity index (χ1) is 18.6. The smallest absolute Gasteiger partial charge is 0.242 e. The predicted octanol–water partition coefficient (Wildman–Crippen LogP) is 5.25. The van der Waals surface area contributed by atoms with Crippen molar-refractivity contribution in [3.63, 3.8) is 0 Å². The van der Waals surface area contributed by atoms with E-state index in [0.717, 1.165) is 18.9 Å². The number of thioether (sulfide) groups is 1. The number of anilines is 1. The Bertz CT molecular complexity index is 1390. The summed E-state index contributed by atoms with van der Waals surface area (Å²) in [7, 11) is 1.58. The molecule has 2 aliphatic heterocycles. The summed E-state index contributed by atoms with van der Waals surface area (Å²) in [6.07, 6.45) is 1.87. The van der Waals surface area contributed by atoms with Crippen LogP contribution in [0, 0.1) is 11.6 Å². The molecule has 0 radical (unpaired) electrons. The number of amides is 2. The van der Waals surface area contributed by atoms with E-state index in [1.54, 1.807) is 28.8 Å². The van der Waals surface area contributed by atoms with Gasteiger partial charge < -0.3 is 9.64 Å². The molecule has 1 atom stereocenters. The van der Waals surface area contributed by atoms with Crippen LogP contribution in [0.4, 0.5) is 14.6 Å². The molecular weight excluding hydrogens is 522 g/mol. The lowest BCUT2D eigenvalue weighted by Gasteiger charge is -2.26. The molecule has 0 N–H and O–H groups in total. The second kappa shape index (κ2) is 10.6. The molecule has 1 saturated heterocycles. The number of carbonyl (C=O) groups is 2. The van der Waals surface area contributed by atoms with E-state index < -0.39 is 22.3 Å². The van der Waals surface area contributed by atoms with E-state index in [-0.39, 0.29) is 29.7 Å². The summed E-state index contributed by atoms with van der Waals surface area (Å²) < 4.78 is 36.1. The fourth-order valence-corrected chi connectivity index (χ4v) is 6.36. The van der Waals surface area contributed by atoms with Gasteiger partial charge in [-0.15, -0.1) is 11.8 Å². The van der Waals surface area contributed by atoms with Crippen molar-refractivity contribution in [1.82, 2.24) is 14.7 Å². The lowest BCUT2D eigenvalue weighted by molar-refractivity contribution is -0.130. The van der Waals surface area contributed by atoms with Gasteiger partial charge in [0.05, 0.1) is 29.5 Å². The number of nitrogens with zero attached hydrogens (tertiary/aromatic N) is 4. The maximum absolute atomic E-state index is 15.3. The van der Waals surface area contributed by atoms with Crippen LogP contribution in [0.25, 0.3) is 5.69 Å². The molecular formula is C29H32F2N4O3S. The van der Waals surface area contributed by atoms with E-state index in [1.807, 2.05) is 32.9 Å². The second-order valence-corrected chi connectivity index (χ2v) is 12.0. The Labute approximate surface area is 231 Å². The van der Waals surface area contributed by atoms with Gasteiger partial charge in [0, 0.05) is 35.7 Å². The Morgan fingerprint density at radius 2 is 1.79 bits per heavy atom. The number of likely N-dealkylation sites (tertiary alicyclic amines) is 1. The third-order valence-electron chi connectivity index (χ3n) is 7.11. The van der Waals surface area contributed by atoms with E-state index in [2.05, 4.69) is 0 Å². The fourth-order valence-electron chi connectivity index (χ4n) is 5.14. The standard InChI is InChI=1S/C29H32F2N4O3S/c1-29(2,3)27-25-26(21-12-7-18(30)15-22(21)31)39-17-24(37)34(16-23(36)33-13-5-6-14-33)28(25)35(32-27)19-8-10-20(38-4)11-9-19/h7-12,15,26H,5-6,13-14,16-17H2,1-4H3. The van der Waals surface area contributed by atoms with Gasteiger partial charge >= 0.3 is 0 Å². The molecule has 5 rings (SSSR count). The predicted molar refractivity (Wildman–Crippen MR) is 148 cm³/mol. The SMILES string of the molecule is COc1ccc(-n2nc(C(C)(C)C)c3c2N(CC(=O)N2CCCC2)C(=O)CSC3c2ccc(F)cc2F)cc1. The van der Waals surface area contributed by atoms with Gasteiger partial charge in [0.15, 0.2) is 0 Å². The third kappa shape index (κ3) is 5.26. The second-order valence-electron chi connectivity index (χ2n) is 10.9. The summed E-state index contributed by atoms with van der Waals surface area (Å²) in [4.78, 5) is 30.3. The van der Waals surface area contributed by atoms with Gasteiger partial charge in [-0.2, -0.15) is 5.10 Å². The molecule has 1 aromatic heterocycles. The zero-order chi connectivity index (χ0) is 27.9. The van der Waals surface area contributed by atoms with Crippen LogP contribution in [-0.2, 0) is 15.0 Å². The van der Waals surface area contributed by atoms with Gasteiger partial charge in [0.1, 0.15) is 29.7 Å². The fraction of sp³-hybridized carbons (Fsp3) is 0.414. The van der Waals surface area contributed by atoms with Gasteiger partial charge in [0.2, 0.25) is 11.8 Å². The number of carbonyl (C=O) groups excluding carboxylic acids is 2. The van der Waals surface area contributed by atoms with Gasteiger partial charge in [-0.25, -0.2) is 13.5 Å². The van der Waals surface area contributed by atoms with Crippen molar-refractivity contribution < 1.29 is 23.1 Å². The van der Waals surface area contributed by atoms with Crippen LogP contribution in [-0.4, -0.2) is 59.0 Å². The first-order valence-electron chi connectivity index (χ1n) is 13.0. The van der Waals surface area contributed by atoms with Crippen molar-refractivity contribution in [1.29, 1.82) is 0 Å². The van der Waals surface area contributed by atoms with Crippen LogP contribution in [0.2, 0.25) is 0 Å². The normalized spacial score (nSPS) is 17.8. The molecule has 2 aliphatic rings. The number of ether oxygens (including phenoxy) is 1. The monoisotopic (exact) mass is 554 g/mol. The molecule has 3 aromatic rings. The minimum atomic E-state index is -0.690. The van der Waals surface area contributed by atoms with Crippen LogP contribution in [0.3, 0.4) is 0 Å². The molecule has 0 saturated carbocycles. The highest BCUT2D eigenvalue weighted by Crippen LogP contribution is 2.49. The Kier molecular flexibility index (Phi) is 7.41. The van der Waals surface area contributed by atoms with Crippen molar-refractivity contribution in [3.05, 3.63) is 70.9 Å². The molecule has 2 amide bonds. The lowest BCUT2D eigenvalue weighted by Crippen LogP contribution is -2.43. The number of aromatic nitrogens is 2. The number of hydrogen-bond donors (Lipinski definition) is 0. The number of methoxy groups -OCH3 is 1. The summed E-state index contributed by atoms with van der Waals surface area (Å²) in [6.45, 7) is 7.19. The number of benzene rings is 2. The van der Waals surface area contributed by atoms with Crippen molar-refractivity contribution in [2.75, 3.05) is 37.4 Å². The van der Waals surface area contributed by atoms with E-state index in [4.69, 9.17) is 9.84 Å². The number of rotatable bonds is 5. The zero-order valence-electron chi connectivity index (χ0n) is 22.5. The molecule has 10 heteroatoms. The zero-order valence-corrected chi connectivity index (χ0v) is 23.4. The topological polar surface area (TPSA) is 67.7 Å². The number of hydrogen-bond acceptors (Lipinski definition) is 5. The Balaban J connectivity index is 1.75. The number of fused-ring (bicyclic) bond motifs is 1. The van der Waals surface area contributed by atoms with Crippen molar-refractivity contribution >= 4 is 29.4 Å². The molecule has 3 heterocycles. The average molecular weight is 555 g/mol. The van der Waals surface area contributed by atoms with Gasteiger partial charge in [-0.3, -0.25) is 14.5 Å². The highest BCUT2D eigenvalue weighted by Gasteiger charge is 2.41. The van der Waals surface area contributed by atoms with Crippen LogP contribution >= 0.6 is 11.8 Å². The summed E-state index contributed by atoms with van der Waals surface area (Å²) in [5.41, 5.74) is 1.76. The summed E-state index contributed by atoms with van der Waals surface area (Å²) in [5.74, 6) is -0.654. The van der Waals surface area contributed by atoms with E-state index in [9.17, 15) is 14.0 Å². The minimum absolute atomic E-state index is 0.0235. The van der Waals surface area contributed by atoms with Crippen LogP contribution in [0.1, 0.15) is 55.7 Å². The Morgan fingerprint density at radius 1 is 1.10 bits per heavy atom. The summed E-state index contributed by atoms with van der Waals surface area (Å²) in [6, 6.07) is 10.8. The van der Waals surface area contributed by atoms with E-state index >= 15 is 4.39 Å². The highest BCUT2D eigenvalue weighted by atomic mass is 32.2. The molecule has 7 nitrogen and oxygen atoms in total. The van der Waals surface area contributed by atoms with Gasteiger partial charge in [-0.1, -0.05) is 26.8 Å². The average Bonchev–Trinajstić information content (AvgIpc) is 3.55. The lowest BCUT2D eigenvalue weighted by atomic mass is 9.87. The highest BCUT2D eigenvalue weighted by molar-refractivity contribution is 8.00. The van der Waals surface area contributed by atoms with Crippen molar-refractivity contribution in [2.45, 2.75) is 44.3 Å². The molecule has 2 aromatic carbocycles. The van der Waals surface area contributed by atoms with Gasteiger partial charge in [0.25, 0.3) is 0 Å². The van der Waals surface area contributed by atoms with Crippen molar-refractivity contribution in [2.24, 2.45) is 0 Å². The van der Waals surface area contributed by atoms with Crippen LogP contribution < -0.4 is 9.64 Å². The molecule has 0 spiro atoms. The molecule has 39 heavy (non-hydrogen) atoms.